The maximum absolute atomic E-state index is 12.7. The number of anilines is 1. The number of rotatable bonds is 2. The summed E-state index contributed by atoms with van der Waals surface area (Å²) in [7, 11) is 0. The molecule has 2 saturated heterocycles. The standard InChI is InChI=1S/C21H26N2O3/c1-13(26)23-18-5-3-2-4-17(18)21-7-8-22-11-14(6-9-24)15(10-19(21)22)16(12-25)20(21)23/h2-6,15-16,19-20,24-25H,7-12H2,1H3/b14-6+/t15-,16-,19-,20-,21+/m0/s1. The van der Waals surface area contributed by atoms with E-state index in [0.29, 0.717) is 6.04 Å². The molecule has 5 rings (SSSR count). The number of aliphatic hydroxyl groups is 2. The lowest BCUT2D eigenvalue weighted by atomic mass is 9.55. The number of nitrogens with zero attached hydrogens (tertiary/aromatic N) is 2. The highest BCUT2D eigenvalue weighted by atomic mass is 16.3. The lowest BCUT2D eigenvalue weighted by molar-refractivity contribution is -0.118. The van der Waals surface area contributed by atoms with Crippen LogP contribution in [-0.2, 0) is 10.2 Å². The number of amides is 1. The Labute approximate surface area is 153 Å². The van der Waals surface area contributed by atoms with Crippen molar-refractivity contribution >= 4 is 11.6 Å². The van der Waals surface area contributed by atoms with Crippen molar-refractivity contribution in [3.05, 3.63) is 41.5 Å². The summed E-state index contributed by atoms with van der Waals surface area (Å²) in [5, 5.41) is 19.9. The molecule has 5 nitrogen and oxygen atoms in total. The molecular formula is C21H26N2O3. The molecule has 5 heteroatoms. The van der Waals surface area contributed by atoms with Gasteiger partial charge in [0.1, 0.15) is 0 Å². The molecule has 1 saturated carbocycles. The first kappa shape index (κ1) is 16.5. The monoisotopic (exact) mass is 354 g/mol. The second-order valence-corrected chi connectivity index (χ2v) is 8.28. The van der Waals surface area contributed by atoms with Crippen molar-refractivity contribution < 1.29 is 15.0 Å². The van der Waals surface area contributed by atoms with E-state index < -0.39 is 0 Å². The van der Waals surface area contributed by atoms with Crippen LogP contribution in [0.3, 0.4) is 0 Å². The molecule has 3 heterocycles. The summed E-state index contributed by atoms with van der Waals surface area (Å²) in [6, 6.07) is 8.75. The van der Waals surface area contributed by atoms with Gasteiger partial charge in [0.15, 0.2) is 0 Å². The van der Waals surface area contributed by atoms with Crippen molar-refractivity contribution in [1.82, 2.24) is 4.90 Å². The molecule has 1 aromatic carbocycles. The second-order valence-electron chi connectivity index (χ2n) is 8.28. The van der Waals surface area contributed by atoms with Crippen molar-refractivity contribution in [3.63, 3.8) is 0 Å². The third kappa shape index (κ3) is 1.83. The quantitative estimate of drug-likeness (QED) is 0.786. The van der Waals surface area contributed by atoms with Gasteiger partial charge >= 0.3 is 0 Å². The molecular weight excluding hydrogens is 328 g/mol. The van der Waals surface area contributed by atoms with Gasteiger partial charge in [0, 0.05) is 43.1 Å². The molecule has 3 aliphatic heterocycles. The van der Waals surface area contributed by atoms with Crippen LogP contribution in [0.1, 0.15) is 25.3 Å². The maximum atomic E-state index is 12.7. The van der Waals surface area contributed by atoms with E-state index in [2.05, 4.69) is 23.1 Å². The van der Waals surface area contributed by atoms with E-state index in [4.69, 9.17) is 0 Å². The summed E-state index contributed by atoms with van der Waals surface area (Å²) >= 11 is 0. The molecule has 0 unspecified atom stereocenters. The molecule has 1 spiro atoms. The predicted octanol–water partition coefficient (Wildman–Crippen LogP) is 1.29. The molecule has 0 radical (unpaired) electrons. The SMILES string of the molecule is CC(=O)N1c2ccccc2[C@]23CCN4C/C(=C\CO)[C@H](C[C@H]42)[C@H](CO)[C@H]13. The zero-order valence-corrected chi connectivity index (χ0v) is 15.1. The average molecular weight is 354 g/mol. The maximum Gasteiger partial charge on any atom is 0.224 e. The molecule has 2 N–H and O–H groups in total. The topological polar surface area (TPSA) is 64.0 Å². The Morgan fingerprint density at radius 2 is 2.15 bits per heavy atom. The lowest BCUT2D eigenvalue weighted by Crippen LogP contribution is -2.65. The van der Waals surface area contributed by atoms with Gasteiger partial charge in [-0.1, -0.05) is 29.8 Å². The van der Waals surface area contributed by atoms with Gasteiger partial charge in [0.05, 0.1) is 12.6 Å². The fourth-order valence-corrected chi connectivity index (χ4v) is 6.71. The van der Waals surface area contributed by atoms with E-state index >= 15 is 0 Å². The Balaban J connectivity index is 1.74. The van der Waals surface area contributed by atoms with Crippen LogP contribution in [0.15, 0.2) is 35.9 Å². The highest BCUT2D eigenvalue weighted by Crippen LogP contribution is 2.63. The Hall–Kier alpha value is -1.69. The zero-order valence-electron chi connectivity index (χ0n) is 15.1. The molecule has 1 aromatic rings. The van der Waals surface area contributed by atoms with E-state index in [9.17, 15) is 15.0 Å². The third-order valence-electron chi connectivity index (χ3n) is 7.48. The molecule has 5 atom stereocenters. The van der Waals surface area contributed by atoms with Crippen molar-refractivity contribution in [1.29, 1.82) is 0 Å². The molecule has 3 fully saturated rings. The number of carbonyl (C=O) groups is 1. The van der Waals surface area contributed by atoms with Crippen molar-refractivity contribution in [3.8, 4) is 0 Å². The van der Waals surface area contributed by atoms with Crippen LogP contribution in [0.5, 0.6) is 0 Å². The van der Waals surface area contributed by atoms with Crippen LogP contribution < -0.4 is 4.90 Å². The Morgan fingerprint density at radius 1 is 1.35 bits per heavy atom. The van der Waals surface area contributed by atoms with E-state index in [1.807, 2.05) is 17.0 Å². The molecule has 4 aliphatic rings. The summed E-state index contributed by atoms with van der Waals surface area (Å²) < 4.78 is 0. The van der Waals surface area contributed by atoms with Gasteiger partial charge in [-0.3, -0.25) is 9.69 Å². The summed E-state index contributed by atoms with van der Waals surface area (Å²) in [5.41, 5.74) is 3.49. The van der Waals surface area contributed by atoms with Gasteiger partial charge in [0.2, 0.25) is 5.91 Å². The number of aliphatic hydroxyl groups excluding tert-OH is 2. The first-order chi connectivity index (χ1) is 12.6. The van der Waals surface area contributed by atoms with Crippen LogP contribution in [0.2, 0.25) is 0 Å². The Bertz CT molecular complexity index is 791. The summed E-state index contributed by atoms with van der Waals surface area (Å²) in [6.07, 6.45) is 3.96. The summed E-state index contributed by atoms with van der Waals surface area (Å²) in [4.78, 5) is 17.2. The molecule has 1 aliphatic carbocycles. The number of fused-ring (bicyclic) bond motifs is 2. The van der Waals surface area contributed by atoms with E-state index in [1.54, 1.807) is 6.92 Å². The minimum absolute atomic E-state index is 0.00135. The number of benzene rings is 1. The van der Waals surface area contributed by atoms with Gasteiger partial charge in [-0.15, -0.1) is 0 Å². The van der Waals surface area contributed by atoms with E-state index in [0.717, 1.165) is 31.6 Å². The molecule has 1 amide bonds. The number of carbonyl (C=O) groups excluding carboxylic acids is 1. The van der Waals surface area contributed by atoms with Crippen molar-refractivity contribution in [2.24, 2.45) is 11.8 Å². The second kappa shape index (κ2) is 5.65. The minimum atomic E-state index is -0.0725. The van der Waals surface area contributed by atoms with Crippen LogP contribution in [0.4, 0.5) is 5.69 Å². The number of para-hydroxylation sites is 1. The van der Waals surface area contributed by atoms with Gasteiger partial charge in [-0.05, 0) is 36.9 Å². The molecule has 0 aromatic heterocycles. The lowest BCUT2D eigenvalue weighted by Gasteiger charge is -2.56. The van der Waals surface area contributed by atoms with Crippen LogP contribution in [-0.4, -0.2) is 59.4 Å². The number of piperidine rings is 1. The number of hydrogen-bond donors (Lipinski definition) is 2. The largest absolute Gasteiger partial charge is 0.396 e. The highest BCUT2D eigenvalue weighted by molar-refractivity contribution is 5.96. The fraction of sp³-hybridized carbons (Fsp3) is 0.571. The summed E-state index contributed by atoms with van der Waals surface area (Å²) in [5.74, 6) is 0.310. The molecule has 26 heavy (non-hydrogen) atoms. The predicted molar refractivity (Wildman–Crippen MR) is 98.9 cm³/mol. The fourth-order valence-electron chi connectivity index (χ4n) is 6.71. The van der Waals surface area contributed by atoms with Crippen molar-refractivity contribution in [2.45, 2.75) is 37.3 Å². The minimum Gasteiger partial charge on any atom is -0.396 e. The van der Waals surface area contributed by atoms with Gasteiger partial charge in [-0.25, -0.2) is 0 Å². The zero-order chi connectivity index (χ0) is 18.1. The smallest absolute Gasteiger partial charge is 0.224 e. The normalized spacial score (nSPS) is 39.2. The van der Waals surface area contributed by atoms with Crippen LogP contribution in [0, 0.1) is 11.8 Å². The van der Waals surface area contributed by atoms with Gasteiger partial charge in [0.25, 0.3) is 0 Å². The Morgan fingerprint density at radius 3 is 2.88 bits per heavy atom. The average Bonchev–Trinajstić information content (AvgIpc) is 3.17. The summed E-state index contributed by atoms with van der Waals surface area (Å²) in [6.45, 7) is 3.64. The number of hydrogen-bond acceptors (Lipinski definition) is 4. The third-order valence-corrected chi connectivity index (χ3v) is 7.48. The first-order valence-corrected chi connectivity index (χ1v) is 9.67. The highest BCUT2D eigenvalue weighted by Gasteiger charge is 2.67. The van der Waals surface area contributed by atoms with Crippen molar-refractivity contribution in [2.75, 3.05) is 31.2 Å². The van der Waals surface area contributed by atoms with Crippen LogP contribution in [0.25, 0.3) is 0 Å². The first-order valence-electron chi connectivity index (χ1n) is 9.67. The van der Waals surface area contributed by atoms with Gasteiger partial charge in [-0.2, -0.15) is 0 Å². The van der Waals surface area contributed by atoms with E-state index in [1.165, 1.54) is 11.1 Å². The van der Waals surface area contributed by atoms with Crippen LogP contribution >= 0.6 is 0 Å². The van der Waals surface area contributed by atoms with Gasteiger partial charge < -0.3 is 15.1 Å². The molecule has 138 valence electrons. The molecule has 2 bridgehead atoms. The van der Waals surface area contributed by atoms with E-state index in [-0.39, 0.29) is 42.4 Å². The Kier molecular flexibility index (Phi) is 3.58.